The summed E-state index contributed by atoms with van der Waals surface area (Å²) in [4.78, 5) is 30.3. The number of sulfonamides is 1. The summed E-state index contributed by atoms with van der Waals surface area (Å²) in [5, 5.41) is 30.5. The number of aromatic nitrogens is 6. The molecule has 0 bridgehead atoms. The number of carbonyl (C=O) groups is 1. The van der Waals surface area contributed by atoms with Crippen LogP contribution in [-0.4, -0.2) is 87.0 Å². The number of tetrazole rings is 1. The average Bonchev–Trinajstić information content (AvgIpc) is 3.73. The van der Waals surface area contributed by atoms with Crippen LogP contribution in [0.15, 0.2) is 113 Å². The zero-order chi connectivity index (χ0) is 39.4. The first-order valence-corrected chi connectivity index (χ1v) is 17.4. The third-order valence-electron chi connectivity index (χ3n) is 7.11. The average molecular weight is 775 g/mol. The Morgan fingerprint density at radius 3 is 2.49 bits per heavy atom. The zero-order valence-electron chi connectivity index (χ0n) is 29.2. The fourth-order valence-electron chi connectivity index (χ4n) is 4.50. The number of esters is 1. The standard InChI is InChI=1S/C34H34N10O10S/c1-21-11-12-29(37-19-21)55(48,49)41-31(35)30(54-28-10-5-4-9-27(28)50-3)33(38-22(2)24-13-14-36-26(18-24)32-39-42-43-40-32)51-15-16-52-34(45)25-8-6-7-23(17-25)20-53-44(46)47/h4-14,17-19,41,46-47H,2,15-16,20,35H2,1,3H3,(H,39,40,42,43)/b31-30-,38-33+. The van der Waals surface area contributed by atoms with Crippen LogP contribution in [0.3, 0.4) is 0 Å². The summed E-state index contributed by atoms with van der Waals surface area (Å²) in [6, 6.07) is 18.6. The second kappa shape index (κ2) is 18.3. The van der Waals surface area contributed by atoms with Crippen molar-refractivity contribution in [3.63, 3.8) is 0 Å². The number of hydrogen-bond acceptors (Lipinski definition) is 18. The Kier molecular flexibility index (Phi) is 13.1. The summed E-state index contributed by atoms with van der Waals surface area (Å²) in [6.45, 7) is 4.86. The number of nitrogens with zero attached hydrogens (tertiary/aromatic N) is 7. The third kappa shape index (κ3) is 10.9. The van der Waals surface area contributed by atoms with E-state index in [0.29, 0.717) is 16.8 Å². The summed E-state index contributed by atoms with van der Waals surface area (Å²) in [6.07, 6.45) is 2.85. The number of ether oxygens (including phenoxy) is 4. The predicted octanol–water partition coefficient (Wildman–Crippen LogP) is 2.91. The number of nitrogens with one attached hydrogen (secondary N) is 2. The molecule has 0 spiro atoms. The first kappa shape index (κ1) is 39.4. The highest BCUT2D eigenvalue weighted by atomic mass is 32.2. The van der Waals surface area contributed by atoms with Gasteiger partial charge in [-0.25, -0.2) is 24.7 Å². The molecule has 2 aromatic carbocycles. The van der Waals surface area contributed by atoms with Gasteiger partial charge in [-0.1, -0.05) is 36.9 Å². The fourth-order valence-corrected chi connectivity index (χ4v) is 5.43. The van der Waals surface area contributed by atoms with Gasteiger partial charge in [0.15, 0.2) is 28.2 Å². The number of para-hydroxylation sites is 2. The van der Waals surface area contributed by atoms with Crippen molar-refractivity contribution in [3.05, 3.63) is 126 Å². The van der Waals surface area contributed by atoms with Gasteiger partial charge < -0.3 is 24.7 Å². The molecule has 5 rings (SSSR count). The lowest BCUT2D eigenvalue weighted by Crippen LogP contribution is -2.33. The first-order chi connectivity index (χ1) is 26.4. The van der Waals surface area contributed by atoms with Crippen LogP contribution in [0, 0.1) is 6.92 Å². The maximum atomic E-state index is 13.4. The molecule has 21 heteroatoms. The number of aryl methyl sites for hydroxylation is 1. The molecule has 20 nitrogen and oxygen atoms in total. The van der Waals surface area contributed by atoms with Crippen LogP contribution in [0.2, 0.25) is 0 Å². The van der Waals surface area contributed by atoms with Gasteiger partial charge in [0.25, 0.3) is 15.9 Å². The number of pyridine rings is 2. The van der Waals surface area contributed by atoms with Crippen LogP contribution in [0.25, 0.3) is 17.2 Å². The molecule has 0 fully saturated rings. The quantitative estimate of drug-likeness (QED) is 0.0227. The molecule has 3 aromatic heterocycles. The molecule has 55 heavy (non-hydrogen) atoms. The van der Waals surface area contributed by atoms with Crippen molar-refractivity contribution >= 4 is 27.6 Å². The summed E-state index contributed by atoms with van der Waals surface area (Å²) in [7, 11) is -2.97. The van der Waals surface area contributed by atoms with Gasteiger partial charge in [0.2, 0.25) is 5.76 Å². The number of benzene rings is 2. The van der Waals surface area contributed by atoms with Crippen LogP contribution in [0.4, 0.5) is 0 Å². The number of hydrogen-bond donors (Lipinski definition) is 5. The Hall–Kier alpha value is -6.78. The van der Waals surface area contributed by atoms with Crippen LogP contribution in [-0.2, 0) is 30.9 Å². The SMILES string of the molecule is C=C(/N=C(OCCOC(=O)c1cccc(CON(O)O)c1)\C(Oc1ccccc1OC)=C(/N)NS(=O)(=O)c1ccc(C)cn1)c1ccnc(-c2nnn[nH]2)c1. The van der Waals surface area contributed by atoms with Crippen LogP contribution >= 0.6 is 0 Å². The summed E-state index contributed by atoms with van der Waals surface area (Å²) in [5.41, 5.74) is 8.58. The van der Waals surface area contributed by atoms with Gasteiger partial charge in [-0.05, 0) is 70.9 Å². The molecule has 0 aliphatic rings. The molecule has 0 unspecified atom stereocenters. The molecule has 0 aliphatic carbocycles. The Morgan fingerprint density at radius 1 is 1.00 bits per heavy atom. The van der Waals surface area contributed by atoms with E-state index in [4.69, 9.17) is 35.1 Å². The Labute approximate surface area is 313 Å². The predicted molar refractivity (Wildman–Crippen MR) is 191 cm³/mol. The van der Waals surface area contributed by atoms with Crippen molar-refractivity contribution in [2.75, 3.05) is 20.3 Å². The summed E-state index contributed by atoms with van der Waals surface area (Å²) in [5.74, 6) is -1.51. The molecule has 0 amide bonds. The van der Waals surface area contributed by atoms with Gasteiger partial charge in [-0.3, -0.25) is 20.1 Å². The Balaban J connectivity index is 1.49. The molecular formula is C34H34N10O10S. The Morgan fingerprint density at radius 2 is 1.78 bits per heavy atom. The van der Waals surface area contributed by atoms with Crippen molar-refractivity contribution in [2.45, 2.75) is 18.6 Å². The van der Waals surface area contributed by atoms with E-state index in [2.05, 4.69) is 51.7 Å². The van der Waals surface area contributed by atoms with Crippen molar-refractivity contribution in [2.24, 2.45) is 10.7 Å². The van der Waals surface area contributed by atoms with Crippen molar-refractivity contribution < 1.29 is 47.4 Å². The monoisotopic (exact) mass is 774 g/mol. The van der Waals surface area contributed by atoms with E-state index >= 15 is 0 Å². The highest BCUT2D eigenvalue weighted by Gasteiger charge is 2.25. The first-order valence-electron chi connectivity index (χ1n) is 15.9. The number of nitrogens with two attached hydrogens (primary N) is 1. The van der Waals surface area contributed by atoms with Gasteiger partial charge >= 0.3 is 5.97 Å². The fraction of sp³-hybridized carbons (Fsp3) is 0.147. The second-order valence-corrected chi connectivity index (χ2v) is 12.7. The molecule has 0 radical (unpaired) electrons. The van der Waals surface area contributed by atoms with Gasteiger partial charge in [0, 0.05) is 18.0 Å². The molecule has 0 aliphatic heterocycles. The van der Waals surface area contributed by atoms with Crippen molar-refractivity contribution in [1.82, 2.24) is 40.7 Å². The molecule has 5 aromatic rings. The van der Waals surface area contributed by atoms with Crippen LogP contribution < -0.4 is 19.9 Å². The van der Waals surface area contributed by atoms with Gasteiger partial charge in [0.05, 0.1) is 30.4 Å². The summed E-state index contributed by atoms with van der Waals surface area (Å²) >= 11 is 0. The highest BCUT2D eigenvalue weighted by Crippen LogP contribution is 2.29. The summed E-state index contributed by atoms with van der Waals surface area (Å²) < 4.78 is 52.1. The van der Waals surface area contributed by atoms with Gasteiger partial charge in [-0.15, -0.1) is 5.10 Å². The van der Waals surface area contributed by atoms with Gasteiger partial charge in [0.1, 0.15) is 18.9 Å². The van der Waals surface area contributed by atoms with Crippen LogP contribution in [0.1, 0.15) is 27.0 Å². The van der Waals surface area contributed by atoms with E-state index in [1.165, 1.54) is 43.8 Å². The minimum atomic E-state index is -4.38. The van der Waals surface area contributed by atoms with E-state index in [1.54, 1.807) is 55.5 Å². The molecule has 0 saturated heterocycles. The topological polar surface area (TPSA) is 272 Å². The van der Waals surface area contributed by atoms with Crippen molar-refractivity contribution in [1.29, 1.82) is 0 Å². The molecule has 3 heterocycles. The lowest BCUT2D eigenvalue weighted by Gasteiger charge is -2.19. The number of methoxy groups -OCH3 is 1. The van der Waals surface area contributed by atoms with E-state index < -0.39 is 33.0 Å². The Bertz CT molecular complexity index is 2280. The maximum Gasteiger partial charge on any atom is 0.338 e. The number of carbonyl (C=O) groups excluding carboxylic acids is 1. The highest BCUT2D eigenvalue weighted by molar-refractivity contribution is 7.89. The molecule has 6 N–H and O–H groups in total. The third-order valence-corrected chi connectivity index (χ3v) is 8.39. The number of H-pyrrole nitrogens is 1. The lowest BCUT2D eigenvalue weighted by atomic mass is 10.1. The van der Waals surface area contributed by atoms with Gasteiger partial charge in [-0.2, -0.15) is 8.42 Å². The number of rotatable bonds is 17. The zero-order valence-corrected chi connectivity index (χ0v) is 30.0. The number of aromatic amines is 1. The molecule has 286 valence electrons. The maximum absolute atomic E-state index is 13.4. The van der Waals surface area contributed by atoms with Crippen LogP contribution in [0.5, 0.6) is 11.5 Å². The molecular weight excluding hydrogens is 741 g/mol. The van der Waals surface area contributed by atoms with E-state index in [0.717, 1.165) is 5.56 Å². The smallest absolute Gasteiger partial charge is 0.338 e. The van der Waals surface area contributed by atoms with Crippen molar-refractivity contribution in [3.8, 4) is 23.0 Å². The normalized spacial score (nSPS) is 12.1. The molecule has 0 atom stereocenters. The van der Waals surface area contributed by atoms with E-state index in [9.17, 15) is 13.2 Å². The van der Waals surface area contributed by atoms with E-state index in [1.807, 2.05) is 0 Å². The number of aliphatic imine (C=N–C) groups is 1. The molecule has 0 saturated carbocycles. The second-order valence-electron chi connectivity index (χ2n) is 11.0. The lowest BCUT2D eigenvalue weighted by molar-refractivity contribution is -0.497. The largest absolute Gasteiger partial charge is 0.493 e. The minimum absolute atomic E-state index is 0.0727. The van der Waals surface area contributed by atoms with E-state index in [-0.39, 0.29) is 59.3 Å². The minimum Gasteiger partial charge on any atom is -0.493 e.